The molecule has 0 bridgehead atoms. The minimum Gasteiger partial charge on any atom is -0.508 e. The number of aliphatic hydroxyl groups excluding tert-OH is 1. The molecule has 298 valence electrons. The van der Waals surface area contributed by atoms with Gasteiger partial charge < -0.3 is 25.7 Å². The Morgan fingerprint density at radius 3 is 2.32 bits per heavy atom. The number of hydrogen-bond acceptors (Lipinski definition) is 10. The van der Waals surface area contributed by atoms with Gasteiger partial charge in [-0.2, -0.15) is 4.31 Å². The van der Waals surface area contributed by atoms with Crippen molar-refractivity contribution in [1.82, 2.24) is 29.8 Å². The van der Waals surface area contributed by atoms with Crippen LogP contribution in [0.2, 0.25) is 0 Å². The lowest BCUT2D eigenvalue weighted by Crippen LogP contribution is -2.62. The summed E-state index contributed by atoms with van der Waals surface area (Å²) >= 11 is 0. The highest BCUT2D eigenvalue weighted by atomic mass is 32.2. The number of carbonyl (C=O) groups is 2. The molecule has 0 unspecified atom stereocenters. The van der Waals surface area contributed by atoms with Gasteiger partial charge in [0, 0.05) is 68.8 Å². The number of benzene rings is 3. The maximum absolute atomic E-state index is 14.2. The number of fused-ring (bicyclic) bond motifs is 1. The van der Waals surface area contributed by atoms with E-state index >= 15 is 0 Å². The van der Waals surface area contributed by atoms with Crippen molar-refractivity contribution in [2.45, 2.75) is 83.0 Å². The van der Waals surface area contributed by atoms with Crippen molar-refractivity contribution in [3.63, 3.8) is 0 Å². The Kier molecular flexibility index (Phi) is 12.4. The van der Waals surface area contributed by atoms with Crippen LogP contribution in [0.4, 0.5) is 11.6 Å². The van der Waals surface area contributed by atoms with Crippen molar-refractivity contribution in [1.29, 1.82) is 0 Å². The fourth-order valence-corrected chi connectivity index (χ4v) is 9.17. The number of β-amino-alcohol motifs (C(OH)–C–C–N with tert-alkyl or cyclic N) is 1. The zero-order chi connectivity index (χ0) is 40.2. The average molecular weight is 784 g/mol. The molecule has 0 aliphatic carbocycles. The molecule has 0 spiro atoms. The van der Waals surface area contributed by atoms with Gasteiger partial charge in [-0.05, 0) is 118 Å². The number of carbonyl (C=O) groups excluding carboxylic acids is 2. The summed E-state index contributed by atoms with van der Waals surface area (Å²) in [7, 11) is -3.98. The Morgan fingerprint density at radius 1 is 0.946 bits per heavy atom. The first-order chi connectivity index (χ1) is 26.6. The van der Waals surface area contributed by atoms with Gasteiger partial charge in [0.25, 0.3) is 0 Å². The van der Waals surface area contributed by atoms with Crippen LogP contribution in [0.25, 0.3) is 0 Å². The van der Waals surface area contributed by atoms with Crippen LogP contribution >= 0.6 is 0 Å². The van der Waals surface area contributed by atoms with E-state index in [0.29, 0.717) is 25.3 Å². The second-order valence-corrected chi connectivity index (χ2v) is 17.8. The van der Waals surface area contributed by atoms with Crippen molar-refractivity contribution in [3.8, 4) is 5.75 Å². The average Bonchev–Trinajstić information content (AvgIpc) is 3.58. The second-order valence-electron chi connectivity index (χ2n) is 15.9. The number of aliphatic hydroxyl groups is 1. The predicted molar refractivity (Wildman–Crippen MR) is 215 cm³/mol. The van der Waals surface area contributed by atoms with E-state index in [1.807, 2.05) is 74.8 Å². The number of amides is 2. The van der Waals surface area contributed by atoms with Crippen LogP contribution in [0.5, 0.6) is 5.75 Å². The van der Waals surface area contributed by atoms with Gasteiger partial charge in [0.05, 0.1) is 11.0 Å². The first-order valence-electron chi connectivity index (χ1n) is 19.1. The Labute approximate surface area is 329 Å². The standard InChI is InChI=1S/C42H53N7O6S/c1-28-20-33(50)21-29(2)36(28)25-45-39(52)32(22-30-10-7-6-8-11-30)23-34(51)26-47-18-19-48(27-38(47)40(53)46-42(3,4)5)56(54,55)35-12-13-37-31(24-35)14-17-49(37)41-43-15-9-16-44-41/h6-13,15-16,20-21,24,32,34,38,50-51H,14,17-19,22-23,25-27H2,1-5H3,(H,45,52)(H,46,53)/t32-,34-,38-/m1/s1. The van der Waals surface area contributed by atoms with Crippen LogP contribution < -0.4 is 15.5 Å². The lowest BCUT2D eigenvalue weighted by Gasteiger charge is -2.41. The SMILES string of the molecule is Cc1cc(O)cc(C)c1CNC(=O)[C@H](Cc1ccccc1)C[C@@H](O)CN1CCN(S(=O)(=O)c2ccc3c(c2)CCN3c2ncccn2)C[C@@H]1C(=O)NC(C)(C)C. The lowest BCUT2D eigenvalue weighted by atomic mass is 9.92. The fourth-order valence-electron chi connectivity index (χ4n) is 7.68. The van der Waals surface area contributed by atoms with Crippen LogP contribution in [0.15, 0.2) is 84.0 Å². The van der Waals surface area contributed by atoms with Gasteiger partial charge in [-0.1, -0.05) is 30.3 Å². The normalized spacial score (nSPS) is 17.6. The molecule has 13 nitrogen and oxygen atoms in total. The van der Waals surface area contributed by atoms with Crippen LogP contribution in [-0.4, -0.2) is 100 Å². The minimum absolute atomic E-state index is 0.0705. The molecule has 4 aromatic rings. The predicted octanol–water partition coefficient (Wildman–Crippen LogP) is 4.01. The third-order valence-electron chi connectivity index (χ3n) is 10.5. The zero-order valence-corrected chi connectivity index (χ0v) is 33.6. The van der Waals surface area contributed by atoms with E-state index in [1.54, 1.807) is 48.8 Å². The number of rotatable bonds is 13. The molecule has 3 atom stereocenters. The number of sulfonamides is 1. The molecule has 0 saturated carbocycles. The molecule has 3 heterocycles. The van der Waals surface area contributed by atoms with Crippen molar-refractivity contribution in [3.05, 3.63) is 107 Å². The van der Waals surface area contributed by atoms with E-state index in [-0.39, 0.29) is 61.6 Å². The highest BCUT2D eigenvalue weighted by molar-refractivity contribution is 7.89. The highest BCUT2D eigenvalue weighted by Gasteiger charge is 2.40. The van der Waals surface area contributed by atoms with Crippen LogP contribution in [-0.2, 0) is 39.0 Å². The molecule has 1 saturated heterocycles. The van der Waals surface area contributed by atoms with E-state index < -0.39 is 33.6 Å². The molecular formula is C42H53N7O6S. The smallest absolute Gasteiger partial charge is 0.243 e. The van der Waals surface area contributed by atoms with Crippen molar-refractivity contribution in [2.24, 2.45) is 5.92 Å². The maximum atomic E-state index is 14.2. The number of aromatic nitrogens is 2. The third kappa shape index (κ3) is 9.73. The highest BCUT2D eigenvalue weighted by Crippen LogP contribution is 2.35. The topological polar surface area (TPSA) is 168 Å². The summed E-state index contributed by atoms with van der Waals surface area (Å²) in [5.74, 6) is -0.415. The Hall–Kier alpha value is -4.89. The van der Waals surface area contributed by atoms with Gasteiger partial charge in [0.15, 0.2) is 0 Å². The van der Waals surface area contributed by atoms with E-state index in [0.717, 1.165) is 33.5 Å². The summed E-state index contributed by atoms with van der Waals surface area (Å²) in [6.07, 6.45) is 3.51. The summed E-state index contributed by atoms with van der Waals surface area (Å²) < 4.78 is 29.7. The lowest BCUT2D eigenvalue weighted by molar-refractivity contribution is -0.131. The van der Waals surface area contributed by atoms with Gasteiger partial charge in [0.2, 0.25) is 27.8 Å². The van der Waals surface area contributed by atoms with Crippen LogP contribution in [0.3, 0.4) is 0 Å². The first kappa shape index (κ1) is 40.8. The molecule has 2 amide bonds. The number of nitrogens with zero attached hydrogens (tertiary/aromatic N) is 5. The number of anilines is 2. The first-order valence-corrected chi connectivity index (χ1v) is 20.6. The maximum Gasteiger partial charge on any atom is 0.243 e. The van der Waals surface area contributed by atoms with Crippen molar-refractivity contribution < 1.29 is 28.2 Å². The number of aromatic hydroxyl groups is 1. The minimum atomic E-state index is -3.98. The van der Waals surface area contributed by atoms with Crippen LogP contribution in [0.1, 0.15) is 55.0 Å². The number of hydrogen-bond donors (Lipinski definition) is 4. The van der Waals surface area contributed by atoms with E-state index in [4.69, 9.17) is 0 Å². The summed E-state index contributed by atoms with van der Waals surface area (Å²) in [5.41, 5.74) is 4.76. The fraction of sp³-hybridized carbons (Fsp3) is 0.429. The summed E-state index contributed by atoms with van der Waals surface area (Å²) in [6.45, 7) is 10.6. The summed E-state index contributed by atoms with van der Waals surface area (Å²) in [6, 6.07) is 18.9. The molecule has 1 aromatic heterocycles. The van der Waals surface area contributed by atoms with Gasteiger partial charge in [-0.25, -0.2) is 18.4 Å². The molecule has 6 rings (SSSR count). The summed E-state index contributed by atoms with van der Waals surface area (Å²) in [5, 5.41) is 27.7. The number of phenols is 1. The summed E-state index contributed by atoms with van der Waals surface area (Å²) in [4.78, 5) is 40.3. The van der Waals surface area contributed by atoms with E-state index in [2.05, 4.69) is 20.6 Å². The van der Waals surface area contributed by atoms with Gasteiger partial charge >= 0.3 is 0 Å². The molecule has 3 aromatic carbocycles. The molecule has 4 N–H and O–H groups in total. The molecule has 14 heteroatoms. The molecule has 0 radical (unpaired) electrons. The van der Waals surface area contributed by atoms with Gasteiger partial charge in [0.1, 0.15) is 11.8 Å². The van der Waals surface area contributed by atoms with E-state index in [9.17, 15) is 28.2 Å². The number of phenolic OH excluding ortho intramolecular Hbond substituents is 1. The molecule has 1 fully saturated rings. The number of aryl methyl sites for hydroxylation is 2. The molecule has 2 aliphatic rings. The Bertz CT molecular complexity index is 2110. The monoisotopic (exact) mass is 783 g/mol. The van der Waals surface area contributed by atoms with E-state index in [1.165, 1.54) is 4.31 Å². The van der Waals surface area contributed by atoms with Crippen molar-refractivity contribution in [2.75, 3.05) is 37.6 Å². The second kappa shape index (κ2) is 17.1. The van der Waals surface area contributed by atoms with Gasteiger partial charge in [-0.3, -0.25) is 14.5 Å². The zero-order valence-electron chi connectivity index (χ0n) is 32.8. The molecule has 56 heavy (non-hydrogen) atoms. The molecule has 2 aliphatic heterocycles. The largest absolute Gasteiger partial charge is 0.508 e. The number of nitrogens with one attached hydrogen (secondary N) is 2. The quantitative estimate of drug-likeness (QED) is 0.156. The van der Waals surface area contributed by atoms with Crippen LogP contribution in [0, 0.1) is 19.8 Å². The molecular weight excluding hydrogens is 731 g/mol. The third-order valence-corrected chi connectivity index (χ3v) is 12.3. The Balaban J connectivity index is 1.17. The Morgan fingerprint density at radius 2 is 1.64 bits per heavy atom. The number of piperazine rings is 1. The van der Waals surface area contributed by atoms with Gasteiger partial charge in [-0.15, -0.1) is 0 Å². The van der Waals surface area contributed by atoms with Crippen molar-refractivity contribution >= 4 is 33.5 Å².